The van der Waals surface area contributed by atoms with E-state index in [0.29, 0.717) is 9.23 Å². The largest absolute Gasteiger partial charge is 0.270 e. The number of aryl methyl sites for hydroxylation is 2. The maximum atomic E-state index is 12.7. The zero-order chi connectivity index (χ0) is 16.6. The molecule has 1 heterocycles. The summed E-state index contributed by atoms with van der Waals surface area (Å²) in [6, 6.07) is 13.8. The summed E-state index contributed by atoms with van der Waals surface area (Å²) >= 11 is 10.2. The summed E-state index contributed by atoms with van der Waals surface area (Å²) in [7, 11) is 0. The van der Waals surface area contributed by atoms with E-state index in [1.165, 1.54) is 17.3 Å². The number of benzene rings is 2. The number of anilines is 1. The lowest BCUT2D eigenvalue weighted by Crippen LogP contribution is -2.27. The van der Waals surface area contributed by atoms with E-state index in [2.05, 4.69) is 22.9 Å². The quantitative estimate of drug-likeness (QED) is 0.489. The van der Waals surface area contributed by atoms with Crippen LogP contribution in [-0.2, 0) is 4.79 Å². The average molecular weight is 404 g/mol. The molecule has 23 heavy (non-hydrogen) atoms. The molecule has 0 radical (unpaired) electrons. The molecule has 0 aromatic heterocycles. The van der Waals surface area contributed by atoms with Crippen LogP contribution in [0.25, 0.3) is 6.08 Å². The molecule has 0 saturated carbocycles. The molecule has 3 rings (SSSR count). The van der Waals surface area contributed by atoms with E-state index in [9.17, 15) is 4.79 Å². The number of nitrogens with zero attached hydrogens (tertiary/aromatic N) is 1. The molecular formula is C18H14BrNOS2. The molecule has 1 saturated heterocycles. The Kier molecular flexibility index (Phi) is 4.71. The highest BCUT2D eigenvalue weighted by atomic mass is 79.9. The summed E-state index contributed by atoms with van der Waals surface area (Å²) in [5.74, 6) is -0.0665. The summed E-state index contributed by atoms with van der Waals surface area (Å²) in [6.45, 7) is 4.09. The van der Waals surface area contributed by atoms with Crippen LogP contribution in [0.1, 0.15) is 16.7 Å². The maximum absolute atomic E-state index is 12.7. The van der Waals surface area contributed by atoms with Crippen LogP contribution < -0.4 is 4.90 Å². The molecule has 2 aromatic carbocycles. The molecule has 2 nitrogen and oxygen atoms in total. The smallest absolute Gasteiger partial charge is 0.268 e. The fourth-order valence-corrected chi connectivity index (χ4v) is 4.02. The van der Waals surface area contributed by atoms with Gasteiger partial charge in [-0.2, -0.15) is 0 Å². The summed E-state index contributed by atoms with van der Waals surface area (Å²) in [6.07, 6.45) is 1.88. The third-order valence-electron chi connectivity index (χ3n) is 3.69. The minimum absolute atomic E-state index is 0.0665. The molecule has 1 aliphatic heterocycles. The summed E-state index contributed by atoms with van der Waals surface area (Å²) in [4.78, 5) is 15.0. The van der Waals surface area contributed by atoms with Gasteiger partial charge in [-0.25, -0.2) is 0 Å². The lowest BCUT2D eigenvalue weighted by molar-refractivity contribution is -0.113. The fraction of sp³-hybridized carbons (Fsp3) is 0.111. The van der Waals surface area contributed by atoms with Gasteiger partial charge in [0.1, 0.15) is 0 Å². The Morgan fingerprint density at radius 2 is 1.91 bits per heavy atom. The van der Waals surface area contributed by atoms with Crippen LogP contribution in [0.3, 0.4) is 0 Å². The second-order valence-electron chi connectivity index (χ2n) is 5.34. The maximum Gasteiger partial charge on any atom is 0.270 e. The van der Waals surface area contributed by atoms with Crippen molar-refractivity contribution in [2.24, 2.45) is 0 Å². The Bertz CT molecular complexity index is 845. The van der Waals surface area contributed by atoms with E-state index in [4.69, 9.17) is 12.2 Å². The molecule has 0 aliphatic carbocycles. The minimum Gasteiger partial charge on any atom is -0.268 e. The second kappa shape index (κ2) is 6.59. The van der Waals surface area contributed by atoms with Crippen molar-refractivity contribution in [1.82, 2.24) is 0 Å². The second-order valence-corrected chi connectivity index (χ2v) is 7.93. The summed E-state index contributed by atoms with van der Waals surface area (Å²) in [5, 5.41) is 0. The first kappa shape index (κ1) is 16.4. The first-order chi connectivity index (χ1) is 11.0. The Labute approximate surface area is 153 Å². The SMILES string of the molecule is Cc1ccc(N2C(=O)/C(=C/c3cccc(Br)c3)SC2=S)cc1C. The zero-order valence-corrected chi connectivity index (χ0v) is 15.9. The van der Waals surface area contributed by atoms with Crippen LogP contribution in [0.2, 0.25) is 0 Å². The molecule has 1 aliphatic rings. The van der Waals surface area contributed by atoms with Crippen molar-refractivity contribution in [2.45, 2.75) is 13.8 Å². The highest BCUT2D eigenvalue weighted by molar-refractivity contribution is 9.10. The molecule has 116 valence electrons. The van der Waals surface area contributed by atoms with Gasteiger partial charge in [-0.05, 0) is 60.9 Å². The zero-order valence-electron chi connectivity index (χ0n) is 12.7. The fourth-order valence-electron chi connectivity index (χ4n) is 2.30. The lowest BCUT2D eigenvalue weighted by atomic mass is 10.1. The number of amides is 1. The summed E-state index contributed by atoms with van der Waals surface area (Å²) < 4.78 is 1.55. The normalized spacial score (nSPS) is 16.5. The van der Waals surface area contributed by atoms with Gasteiger partial charge in [0, 0.05) is 4.47 Å². The predicted octanol–water partition coefficient (Wildman–Crippen LogP) is 5.47. The Morgan fingerprint density at radius 3 is 2.61 bits per heavy atom. The number of halogens is 1. The number of hydrogen-bond acceptors (Lipinski definition) is 3. The van der Waals surface area contributed by atoms with Gasteiger partial charge in [-0.3, -0.25) is 9.69 Å². The van der Waals surface area contributed by atoms with Crippen LogP contribution in [0.5, 0.6) is 0 Å². The molecule has 1 amide bonds. The number of carbonyl (C=O) groups excluding carboxylic acids is 1. The van der Waals surface area contributed by atoms with Crippen LogP contribution >= 0.6 is 39.9 Å². The van der Waals surface area contributed by atoms with Gasteiger partial charge >= 0.3 is 0 Å². The van der Waals surface area contributed by atoms with Gasteiger partial charge in [0.2, 0.25) is 0 Å². The van der Waals surface area contributed by atoms with Gasteiger partial charge in [0.25, 0.3) is 5.91 Å². The standard InChI is InChI=1S/C18H14BrNOS2/c1-11-6-7-15(8-12(11)2)20-17(21)16(23-18(20)22)10-13-4-3-5-14(19)9-13/h3-10H,1-2H3/b16-10-. The van der Waals surface area contributed by atoms with Crippen LogP contribution in [0.4, 0.5) is 5.69 Å². The molecular weight excluding hydrogens is 390 g/mol. The number of carbonyl (C=O) groups is 1. The molecule has 5 heteroatoms. The molecule has 0 bridgehead atoms. The van der Waals surface area contributed by atoms with Crippen molar-refractivity contribution in [3.8, 4) is 0 Å². The minimum atomic E-state index is -0.0665. The van der Waals surface area contributed by atoms with Crippen LogP contribution in [0, 0.1) is 13.8 Å². The van der Waals surface area contributed by atoms with Gasteiger partial charge < -0.3 is 0 Å². The van der Waals surface area contributed by atoms with E-state index >= 15 is 0 Å². The van der Waals surface area contributed by atoms with E-state index < -0.39 is 0 Å². The third kappa shape index (κ3) is 3.42. The predicted molar refractivity (Wildman–Crippen MR) is 106 cm³/mol. The van der Waals surface area contributed by atoms with Crippen molar-refractivity contribution in [2.75, 3.05) is 4.90 Å². The number of thiocarbonyl (C=S) groups is 1. The first-order valence-corrected chi connectivity index (χ1v) is 9.08. The van der Waals surface area contributed by atoms with Gasteiger partial charge in [-0.15, -0.1) is 0 Å². The molecule has 0 spiro atoms. The Hall–Kier alpha value is -1.43. The van der Waals surface area contributed by atoms with Crippen molar-refractivity contribution in [3.63, 3.8) is 0 Å². The van der Waals surface area contributed by atoms with E-state index in [0.717, 1.165) is 21.3 Å². The van der Waals surface area contributed by atoms with Crippen LogP contribution in [-0.4, -0.2) is 10.2 Å². The molecule has 0 unspecified atom stereocenters. The van der Waals surface area contributed by atoms with Crippen LogP contribution in [0.15, 0.2) is 51.8 Å². The highest BCUT2D eigenvalue weighted by Crippen LogP contribution is 2.36. The van der Waals surface area contributed by atoms with Crippen molar-refractivity contribution in [3.05, 3.63) is 68.5 Å². The van der Waals surface area contributed by atoms with Gasteiger partial charge in [-0.1, -0.05) is 58.1 Å². The summed E-state index contributed by atoms with van der Waals surface area (Å²) in [5.41, 5.74) is 4.14. The monoisotopic (exact) mass is 403 g/mol. The molecule has 0 atom stereocenters. The molecule has 2 aromatic rings. The molecule has 0 N–H and O–H groups in total. The number of thioether (sulfide) groups is 1. The van der Waals surface area contributed by atoms with Gasteiger partial charge in [0.05, 0.1) is 10.6 Å². The van der Waals surface area contributed by atoms with Crippen molar-refractivity contribution < 1.29 is 4.79 Å². The third-order valence-corrected chi connectivity index (χ3v) is 5.48. The Balaban J connectivity index is 1.95. The van der Waals surface area contributed by atoms with Crippen molar-refractivity contribution >= 4 is 61.9 Å². The Morgan fingerprint density at radius 1 is 1.13 bits per heavy atom. The number of hydrogen-bond donors (Lipinski definition) is 0. The van der Waals surface area contributed by atoms with E-state index in [1.807, 2.05) is 55.5 Å². The van der Waals surface area contributed by atoms with E-state index in [-0.39, 0.29) is 5.91 Å². The number of rotatable bonds is 2. The van der Waals surface area contributed by atoms with Gasteiger partial charge in [0.15, 0.2) is 4.32 Å². The van der Waals surface area contributed by atoms with E-state index in [1.54, 1.807) is 4.90 Å². The van der Waals surface area contributed by atoms with Crippen molar-refractivity contribution in [1.29, 1.82) is 0 Å². The first-order valence-electron chi connectivity index (χ1n) is 7.06. The average Bonchev–Trinajstić information content (AvgIpc) is 2.77. The topological polar surface area (TPSA) is 20.3 Å². The highest BCUT2D eigenvalue weighted by Gasteiger charge is 2.33. The molecule has 1 fully saturated rings. The lowest BCUT2D eigenvalue weighted by Gasteiger charge is -2.15.